The molecule has 0 unspecified atom stereocenters. The van der Waals surface area contributed by atoms with Crippen molar-refractivity contribution in [3.63, 3.8) is 0 Å². The first-order valence-electron chi connectivity index (χ1n) is 13.8. The summed E-state index contributed by atoms with van der Waals surface area (Å²) in [5.41, 5.74) is 1.42. The molecular formula is C28H41N5O5S2. The summed E-state index contributed by atoms with van der Waals surface area (Å²) in [5.74, 6) is -1.02. The number of carbonyl (C=O) groups excluding carboxylic acids is 3. The molecule has 40 heavy (non-hydrogen) atoms. The molecule has 2 heterocycles. The molecule has 0 saturated carbocycles. The van der Waals surface area contributed by atoms with Crippen molar-refractivity contribution in [1.82, 2.24) is 19.4 Å². The number of unbranched alkanes of at least 4 members (excludes halogenated alkanes) is 2. The lowest BCUT2D eigenvalue weighted by atomic mass is 10.0. The number of urea groups is 1. The number of benzene rings is 1. The van der Waals surface area contributed by atoms with Gasteiger partial charge in [0.25, 0.3) is 11.8 Å². The number of carbonyl (C=O) groups is 3. The monoisotopic (exact) mass is 591 g/mol. The van der Waals surface area contributed by atoms with Crippen molar-refractivity contribution in [2.75, 3.05) is 45.6 Å². The van der Waals surface area contributed by atoms with Crippen LogP contribution in [0.1, 0.15) is 77.6 Å². The van der Waals surface area contributed by atoms with Crippen LogP contribution in [0.5, 0.6) is 0 Å². The van der Waals surface area contributed by atoms with E-state index in [0.29, 0.717) is 36.6 Å². The molecule has 1 aliphatic heterocycles. The van der Waals surface area contributed by atoms with Gasteiger partial charge >= 0.3 is 6.03 Å². The first-order valence-corrected chi connectivity index (χ1v) is 16.1. The molecule has 1 aromatic heterocycles. The Morgan fingerprint density at radius 1 is 0.975 bits per heavy atom. The van der Waals surface area contributed by atoms with E-state index in [9.17, 15) is 22.8 Å². The molecule has 2 aromatic rings. The minimum Gasteiger partial charge on any atom is -0.331 e. The molecule has 10 nitrogen and oxygen atoms in total. The van der Waals surface area contributed by atoms with E-state index in [1.807, 2.05) is 13.8 Å². The van der Waals surface area contributed by atoms with Crippen LogP contribution in [-0.2, 0) is 23.0 Å². The van der Waals surface area contributed by atoms with Crippen LogP contribution in [-0.4, -0.2) is 80.6 Å². The zero-order valence-electron chi connectivity index (χ0n) is 24.1. The van der Waals surface area contributed by atoms with E-state index in [-0.39, 0.29) is 10.5 Å². The number of anilines is 1. The van der Waals surface area contributed by atoms with Gasteiger partial charge in [0.15, 0.2) is 0 Å². The molecular weight excluding hydrogens is 550 g/mol. The summed E-state index contributed by atoms with van der Waals surface area (Å²) in [5, 5.41) is 5.62. The molecule has 0 spiro atoms. The predicted octanol–water partition coefficient (Wildman–Crippen LogP) is 4.38. The number of nitrogens with zero attached hydrogens (tertiary/aromatic N) is 3. The lowest BCUT2D eigenvalue weighted by molar-refractivity contribution is 0.0956. The van der Waals surface area contributed by atoms with E-state index in [1.165, 1.54) is 44.8 Å². The minimum atomic E-state index is -3.68. The lowest BCUT2D eigenvalue weighted by Crippen LogP contribution is -2.39. The summed E-state index contributed by atoms with van der Waals surface area (Å²) in [4.78, 5) is 43.3. The minimum absolute atomic E-state index is 0.143. The normalized spacial score (nSPS) is 13.7. The number of sulfonamides is 1. The number of hydrogen-bond acceptors (Lipinski definition) is 7. The van der Waals surface area contributed by atoms with Gasteiger partial charge in [-0.1, -0.05) is 33.6 Å². The Labute approximate surface area is 241 Å². The standard InChI is InChI=1S/C28H41N5O5S2/c1-6-9-16-33(17-10-7-2)40(37,38)21-13-11-20(12-14-21)25(34)29-27-24(26(35)30-28(36)31(4)5)22-15-18-32(8-3)19-23(22)39-27/h11-14H,6-10,15-19H2,1-5H3,(H,29,34)(H,30,35,36). The Morgan fingerprint density at radius 2 is 1.60 bits per heavy atom. The van der Waals surface area contributed by atoms with Gasteiger partial charge in [0.2, 0.25) is 10.0 Å². The SMILES string of the molecule is CCCCN(CCCC)S(=O)(=O)c1ccc(C(=O)Nc2sc3c(c2C(=O)NC(=O)N(C)C)CCN(CC)C3)cc1. The zero-order chi connectivity index (χ0) is 29.4. The fourth-order valence-electron chi connectivity index (χ4n) is 4.45. The first kappa shape index (κ1) is 31.7. The van der Waals surface area contributed by atoms with Gasteiger partial charge in [-0.25, -0.2) is 13.2 Å². The maximum absolute atomic E-state index is 13.3. The van der Waals surface area contributed by atoms with Crippen LogP contribution < -0.4 is 10.6 Å². The van der Waals surface area contributed by atoms with Gasteiger partial charge in [0.05, 0.1) is 10.5 Å². The van der Waals surface area contributed by atoms with Gasteiger partial charge in [-0.2, -0.15) is 4.31 Å². The van der Waals surface area contributed by atoms with E-state index >= 15 is 0 Å². The second-order valence-corrected chi connectivity index (χ2v) is 13.1. The molecule has 0 atom stereocenters. The van der Waals surface area contributed by atoms with Crippen molar-refractivity contribution in [3.8, 4) is 0 Å². The van der Waals surface area contributed by atoms with Crippen LogP contribution in [0.4, 0.5) is 9.80 Å². The third kappa shape index (κ3) is 7.48. The van der Waals surface area contributed by atoms with Crippen molar-refractivity contribution in [3.05, 3.63) is 45.8 Å². The number of fused-ring (bicyclic) bond motifs is 1. The maximum Gasteiger partial charge on any atom is 0.323 e. The Morgan fingerprint density at radius 3 is 2.15 bits per heavy atom. The van der Waals surface area contributed by atoms with Gasteiger partial charge < -0.3 is 10.2 Å². The molecule has 220 valence electrons. The van der Waals surface area contributed by atoms with E-state index in [0.717, 1.165) is 49.2 Å². The number of hydrogen-bond donors (Lipinski definition) is 2. The second-order valence-electron chi connectivity index (χ2n) is 10.1. The molecule has 4 amide bonds. The van der Waals surface area contributed by atoms with Crippen LogP contribution in [0.25, 0.3) is 0 Å². The number of nitrogens with one attached hydrogen (secondary N) is 2. The summed E-state index contributed by atoms with van der Waals surface area (Å²) in [6.45, 7) is 9.34. The molecule has 1 aliphatic rings. The van der Waals surface area contributed by atoms with Crippen molar-refractivity contribution in [2.45, 2.75) is 64.3 Å². The number of thiophene rings is 1. The molecule has 0 bridgehead atoms. The van der Waals surface area contributed by atoms with E-state index in [4.69, 9.17) is 0 Å². The fourth-order valence-corrected chi connectivity index (χ4v) is 7.25. The highest BCUT2D eigenvalue weighted by molar-refractivity contribution is 7.89. The van der Waals surface area contributed by atoms with Crippen LogP contribution >= 0.6 is 11.3 Å². The summed E-state index contributed by atoms with van der Waals surface area (Å²) in [7, 11) is -0.592. The largest absolute Gasteiger partial charge is 0.331 e. The second kappa shape index (κ2) is 14.2. The van der Waals surface area contributed by atoms with Crippen LogP contribution in [0.2, 0.25) is 0 Å². The summed E-state index contributed by atoms with van der Waals surface area (Å²) in [6, 6.07) is 5.34. The summed E-state index contributed by atoms with van der Waals surface area (Å²) < 4.78 is 28.1. The number of imide groups is 1. The number of likely N-dealkylation sites (N-methyl/N-ethyl adjacent to an activating group) is 1. The summed E-state index contributed by atoms with van der Waals surface area (Å²) in [6.07, 6.45) is 3.97. The smallest absolute Gasteiger partial charge is 0.323 e. The third-order valence-corrected chi connectivity index (χ3v) is 9.99. The highest BCUT2D eigenvalue weighted by atomic mass is 32.2. The van der Waals surface area contributed by atoms with Crippen molar-refractivity contribution in [2.24, 2.45) is 0 Å². The highest BCUT2D eigenvalue weighted by Gasteiger charge is 2.30. The van der Waals surface area contributed by atoms with E-state index in [2.05, 4.69) is 22.5 Å². The fraction of sp³-hybridized carbons (Fsp3) is 0.536. The average molecular weight is 592 g/mol. The topological polar surface area (TPSA) is 119 Å². The van der Waals surface area contributed by atoms with Crippen LogP contribution in [0, 0.1) is 0 Å². The molecule has 2 N–H and O–H groups in total. The average Bonchev–Trinajstić information content (AvgIpc) is 3.29. The van der Waals surface area contributed by atoms with Gasteiger partial charge in [-0.3, -0.25) is 19.8 Å². The number of amides is 4. The molecule has 12 heteroatoms. The molecule has 1 aromatic carbocycles. The van der Waals surface area contributed by atoms with Gasteiger partial charge in [0, 0.05) is 50.7 Å². The van der Waals surface area contributed by atoms with Crippen LogP contribution in [0.15, 0.2) is 29.2 Å². The molecule has 0 saturated heterocycles. The Kier molecular flexibility index (Phi) is 11.3. The molecule has 0 radical (unpaired) electrons. The highest BCUT2D eigenvalue weighted by Crippen LogP contribution is 2.37. The molecule has 0 aliphatic carbocycles. The molecule has 3 rings (SSSR count). The maximum atomic E-state index is 13.3. The summed E-state index contributed by atoms with van der Waals surface area (Å²) >= 11 is 1.33. The van der Waals surface area contributed by atoms with Gasteiger partial charge in [-0.05, 0) is 55.6 Å². The van der Waals surface area contributed by atoms with E-state index in [1.54, 1.807) is 14.1 Å². The predicted molar refractivity (Wildman–Crippen MR) is 158 cm³/mol. The van der Waals surface area contributed by atoms with E-state index < -0.39 is 27.9 Å². The van der Waals surface area contributed by atoms with Gasteiger partial charge in [0.1, 0.15) is 5.00 Å². The third-order valence-electron chi connectivity index (χ3n) is 6.94. The Balaban J connectivity index is 1.86. The Bertz CT molecular complexity index is 1300. The van der Waals surface area contributed by atoms with Crippen LogP contribution in [0.3, 0.4) is 0 Å². The van der Waals surface area contributed by atoms with Crippen molar-refractivity contribution < 1.29 is 22.8 Å². The quantitative estimate of drug-likeness (QED) is 0.378. The first-order chi connectivity index (χ1) is 19.0. The Hall–Kier alpha value is -2.80. The zero-order valence-corrected chi connectivity index (χ0v) is 25.7. The van der Waals surface area contributed by atoms with Gasteiger partial charge in [-0.15, -0.1) is 11.3 Å². The van der Waals surface area contributed by atoms with Crippen molar-refractivity contribution >= 4 is 44.2 Å². The molecule has 0 fully saturated rings. The van der Waals surface area contributed by atoms with Crippen molar-refractivity contribution in [1.29, 1.82) is 0 Å². The number of rotatable bonds is 12. The lowest BCUT2D eigenvalue weighted by Gasteiger charge is -2.25.